The van der Waals surface area contributed by atoms with E-state index in [1.165, 1.54) is 0 Å². The predicted octanol–water partition coefficient (Wildman–Crippen LogP) is 4.23. The van der Waals surface area contributed by atoms with E-state index in [1.807, 2.05) is 12.1 Å². The smallest absolute Gasteiger partial charge is 0.202 e. The highest BCUT2D eigenvalue weighted by Gasteiger charge is 2.44. The lowest BCUT2D eigenvalue weighted by Gasteiger charge is -2.36. The standard InChI is InChI=1S/C19H28O4SSi/c1-25(2,3)14-10-16-15-19(22-12-13-23-19)11-9-18(16)24(20,21)17-7-5-4-6-8-17/h4-9,16H,10-15H2,1-3H3/t16-/m0/s1. The Balaban J connectivity index is 1.92. The van der Waals surface area contributed by atoms with Crippen molar-refractivity contribution >= 4 is 17.9 Å². The summed E-state index contributed by atoms with van der Waals surface area (Å²) in [4.78, 5) is 0.935. The van der Waals surface area contributed by atoms with Crippen molar-refractivity contribution in [3.8, 4) is 0 Å². The van der Waals surface area contributed by atoms with Crippen molar-refractivity contribution in [2.45, 2.75) is 55.6 Å². The zero-order valence-corrected chi connectivity index (χ0v) is 17.1. The van der Waals surface area contributed by atoms with Gasteiger partial charge in [0, 0.05) is 25.8 Å². The molecule has 2 aliphatic rings. The highest BCUT2D eigenvalue weighted by atomic mass is 32.2. The second-order valence-corrected chi connectivity index (χ2v) is 15.8. The van der Waals surface area contributed by atoms with Gasteiger partial charge < -0.3 is 9.47 Å². The largest absolute Gasteiger partial charge is 0.347 e. The van der Waals surface area contributed by atoms with E-state index in [0.717, 1.165) is 12.5 Å². The SMILES string of the molecule is C[Si](C)(C)CC[C@H]1CC2(CC=C1S(=O)(=O)c1ccccc1)OCCO2. The van der Waals surface area contributed by atoms with Crippen LogP contribution in [0.1, 0.15) is 19.3 Å². The first-order chi connectivity index (χ1) is 11.7. The molecule has 1 atom stereocenters. The summed E-state index contributed by atoms with van der Waals surface area (Å²) in [5.41, 5.74) is 0. The Labute approximate surface area is 152 Å². The first-order valence-electron chi connectivity index (χ1n) is 9.00. The number of allylic oxidation sites excluding steroid dienone is 1. The monoisotopic (exact) mass is 380 g/mol. The normalized spacial score (nSPS) is 23.6. The lowest BCUT2D eigenvalue weighted by molar-refractivity contribution is -0.168. The van der Waals surface area contributed by atoms with Crippen LogP contribution in [0.15, 0.2) is 46.2 Å². The van der Waals surface area contributed by atoms with E-state index in [4.69, 9.17) is 9.47 Å². The minimum absolute atomic E-state index is 0.0382. The second kappa shape index (κ2) is 6.99. The van der Waals surface area contributed by atoms with Crippen LogP contribution >= 0.6 is 0 Å². The Hall–Kier alpha value is -0.953. The third-order valence-electron chi connectivity index (χ3n) is 4.99. The molecule has 138 valence electrons. The van der Waals surface area contributed by atoms with Gasteiger partial charge in [-0.15, -0.1) is 0 Å². The maximum absolute atomic E-state index is 13.2. The third-order valence-corrected chi connectivity index (χ3v) is 8.80. The van der Waals surface area contributed by atoms with E-state index < -0.39 is 23.7 Å². The van der Waals surface area contributed by atoms with Gasteiger partial charge in [-0.25, -0.2) is 8.42 Å². The molecule has 3 rings (SSSR count). The molecule has 25 heavy (non-hydrogen) atoms. The first kappa shape index (κ1) is 18.8. The van der Waals surface area contributed by atoms with Gasteiger partial charge in [-0.05, 0) is 24.5 Å². The van der Waals surface area contributed by atoms with Crippen molar-refractivity contribution in [2.75, 3.05) is 13.2 Å². The molecule has 0 bridgehead atoms. The molecule has 1 aliphatic heterocycles. The maximum atomic E-state index is 13.2. The molecule has 0 N–H and O–H groups in total. The van der Waals surface area contributed by atoms with Crippen LogP contribution in [0.2, 0.25) is 25.7 Å². The lowest BCUT2D eigenvalue weighted by atomic mass is 9.88. The molecule has 0 radical (unpaired) electrons. The molecule has 0 amide bonds. The molecule has 6 heteroatoms. The fraction of sp³-hybridized carbons (Fsp3) is 0.579. The summed E-state index contributed by atoms with van der Waals surface area (Å²) < 4.78 is 38.1. The topological polar surface area (TPSA) is 52.6 Å². The van der Waals surface area contributed by atoms with E-state index in [0.29, 0.717) is 35.9 Å². The number of hydrogen-bond acceptors (Lipinski definition) is 4. The average molecular weight is 381 g/mol. The molecule has 1 aromatic carbocycles. The Morgan fingerprint density at radius 1 is 1.12 bits per heavy atom. The molecule has 0 unspecified atom stereocenters. The van der Waals surface area contributed by atoms with E-state index in [2.05, 4.69) is 19.6 Å². The Morgan fingerprint density at radius 3 is 2.36 bits per heavy atom. The van der Waals surface area contributed by atoms with Crippen LogP contribution in [-0.2, 0) is 19.3 Å². The van der Waals surface area contributed by atoms with Crippen molar-refractivity contribution in [3.63, 3.8) is 0 Å². The summed E-state index contributed by atoms with van der Waals surface area (Å²) in [6, 6.07) is 9.84. The summed E-state index contributed by atoms with van der Waals surface area (Å²) in [5, 5.41) is 0. The van der Waals surface area contributed by atoms with Crippen molar-refractivity contribution in [3.05, 3.63) is 41.3 Å². The zero-order chi connectivity index (χ0) is 18.1. The summed E-state index contributed by atoms with van der Waals surface area (Å²) in [5.74, 6) is -0.649. The van der Waals surface area contributed by atoms with E-state index in [1.54, 1.807) is 24.3 Å². The summed E-state index contributed by atoms with van der Waals surface area (Å²) in [7, 11) is -4.72. The number of ether oxygens (including phenoxy) is 2. The fourth-order valence-electron chi connectivity index (χ4n) is 3.63. The Kier molecular flexibility index (Phi) is 5.26. The van der Waals surface area contributed by atoms with E-state index >= 15 is 0 Å². The Bertz CT molecular complexity index is 728. The van der Waals surface area contributed by atoms with Crippen LogP contribution in [0, 0.1) is 5.92 Å². The highest BCUT2D eigenvalue weighted by Crippen LogP contribution is 2.44. The fourth-order valence-corrected chi connectivity index (χ4v) is 6.58. The molecule has 1 aromatic rings. The van der Waals surface area contributed by atoms with Crippen molar-refractivity contribution in [1.82, 2.24) is 0 Å². The minimum atomic E-state index is -3.46. The molecule has 0 aromatic heterocycles. The molecule has 1 spiro atoms. The molecular formula is C19H28O4SSi. The highest BCUT2D eigenvalue weighted by molar-refractivity contribution is 7.95. The number of sulfone groups is 1. The molecular weight excluding hydrogens is 352 g/mol. The van der Waals surface area contributed by atoms with E-state index in [-0.39, 0.29) is 5.92 Å². The molecule has 1 fully saturated rings. The average Bonchev–Trinajstić information content (AvgIpc) is 3.01. The van der Waals surface area contributed by atoms with Crippen LogP contribution in [0.4, 0.5) is 0 Å². The molecule has 1 saturated heterocycles. The van der Waals surface area contributed by atoms with Gasteiger partial charge in [0.15, 0.2) is 5.79 Å². The van der Waals surface area contributed by atoms with Crippen molar-refractivity contribution < 1.29 is 17.9 Å². The minimum Gasteiger partial charge on any atom is -0.347 e. The quantitative estimate of drug-likeness (QED) is 0.718. The van der Waals surface area contributed by atoms with Gasteiger partial charge in [-0.1, -0.05) is 50.0 Å². The van der Waals surface area contributed by atoms with Gasteiger partial charge in [-0.3, -0.25) is 0 Å². The molecule has 1 aliphatic carbocycles. The predicted molar refractivity (Wildman–Crippen MR) is 102 cm³/mol. The van der Waals surface area contributed by atoms with Crippen LogP contribution in [0.25, 0.3) is 0 Å². The third kappa shape index (κ3) is 4.24. The van der Waals surface area contributed by atoms with Crippen LogP contribution in [0.5, 0.6) is 0 Å². The molecule has 0 saturated carbocycles. The van der Waals surface area contributed by atoms with Gasteiger partial charge in [0.25, 0.3) is 0 Å². The summed E-state index contributed by atoms with van der Waals surface area (Å²) in [6.45, 7) is 8.15. The molecule has 1 heterocycles. The Morgan fingerprint density at radius 2 is 1.76 bits per heavy atom. The van der Waals surface area contributed by atoms with Crippen LogP contribution in [0.3, 0.4) is 0 Å². The number of hydrogen-bond donors (Lipinski definition) is 0. The number of benzene rings is 1. The molecule has 4 nitrogen and oxygen atoms in total. The van der Waals surface area contributed by atoms with Crippen LogP contribution in [-0.4, -0.2) is 35.5 Å². The number of rotatable bonds is 5. The summed E-state index contributed by atoms with van der Waals surface area (Å²) in [6.07, 6.45) is 3.88. The van der Waals surface area contributed by atoms with Crippen molar-refractivity contribution in [1.29, 1.82) is 0 Å². The van der Waals surface area contributed by atoms with Gasteiger partial charge >= 0.3 is 0 Å². The zero-order valence-electron chi connectivity index (χ0n) is 15.3. The van der Waals surface area contributed by atoms with Gasteiger partial charge in [0.1, 0.15) is 0 Å². The van der Waals surface area contributed by atoms with Gasteiger partial charge in [-0.2, -0.15) is 0 Å². The first-order valence-corrected chi connectivity index (χ1v) is 14.2. The second-order valence-electron chi connectivity index (χ2n) is 8.24. The summed E-state index contributed by atoms with van der Waals surface area (Å²) >= 11 is 0. The van der Waals surface area contributed by atoms with E-state index in [9.17, 15) is 8.42 Å². The lowest BCUT2D eigenvalue weighted by Crippen LogP contribution is -2.38. The van der Waals surface area contributed by atoms with Gasteiger partial charge in [0.2, 0.25) is 9.84 Å². The van der Waals surface area contributed by atoms with Crippen LogP contribution < -0.4 is 0 Å². The maximum Gasteiger partial charge on any atom is 0.202 e. The van der Waals surface area contributed by atoms with Crippen molar-refractivity contribution in [2.24, 2.45) is 5.92 Å². The van der Waals surface area contributed by atoms with Gasteiger partial charge in [0.05, 0.1) is 18.1 Å².